The second kappa shape index (κ2) is 8.56. The van der Waals surface area contributed by atoms with Crippen LogP contribution in [-0.2, 0) is 0 Å². The number of hydrogen-bond acceptors (Lipinski definition) is 6. The topological polar surface area (TPSA) is 57.2 Å². The summed E-state index contributed by atoms with van der Waals surface area (Å²) in [5, 5.41) is 0. The fourth-order valence-corrected chi connectivity index (χ4v) is 3.39. The van der Waals surface area contributed by atoms with Crippen LogP contribution in [0.1, 0.15) is 22.8 Å². The number of allylic oxidation sites excluding steroid dienone is 1. The Balaban J connectivity index is 1.94. The highest BCUT2D eigenvalue weighted by atomic mass is 79.9. The molecule has 0 atom stereocenters. The number of ketones is 1. The SMILES string of the molecule is CCOc1ccc(C(=O)/C(Br)=C\c2ccc3c(c2OC)OCO3)cc1N(C)C. The molecule has 3 rings (SSSR count). The molecule has 0 fully saturated rings. The lowest BCUT2D eigenvalue weighted by Gasteiger charge is -2.18. The Hall–Kier alpha value is -2.67. The summed E-state index contributed by atoms with van der Waals surface area (Å²) in [6.07, 6.45) is 1.72. The molecule has 0 spiro atoms. The van der Waals surface area contributed by atoms with Crippen molar-refractivity contribution in [3.63, 3.8) is 0 Å². The Morgan fingerprint density at radius 2 is 2.04 bits per heavy atom. The van der Waals surface area contributed by atoms with Crippen molar-refractivity contribution < 1.29 is 23.7 Å². The number of rotatable bonds is 7. The van der Waals surface area contributed by atoms with Gasteiger partial charge in [-0.15, -0.1) is 0 Å². The summed E-state index contributed by atoms with van der Waals surface area (Å²) in [5.41, 5.74) is 2.11. The Bertz CT molecular complexity index is 923. The highest BCUT2D eigenvalue weighted by Gasteiger charge is 2.22. The quantitative estimate of drug-likeness (QED) is 0.459. The average molecular weight is 448 g/mol. The van der Waals surface area contributed by atoms with Crippen LogP contribution in [0.4, 0.5) is 5.69 Å². The van der Waals surface area contributed by atoms with Gasteiger partial charge in [-0.2, -0.15) is 0 Å². The van der Waals surface area contributed by atoms with Crippen LogP contribution in [0.5, 0.6) is 23.0 Å². The molecule has 0 amide bonds. The lowest BCUT2D eigenvalue weighted by Crippen LogP contribution is -2.12. The molecule has 0 saturated carbocycles. The zero-order valence-corrected chi connectivity index (χ0v) is 17.8. The van der Waals surface area contributed by atoms with Crippen molar-refractivity contribution in [2.24, 2.45) is 0 Å². The first kappa shape index (κ1) is 20.1. The molecule has 0 aliphatic carbocycles. The average Bonchev–Trinajstić information content (AvgIpc) is 3.16. The summed E-state index contributed by atoms with van der Waals surface area (Å²) in [6.45, 7) is 2.64. The number of carbonyl (C=O) groups excluding carboxylic acids is 1. The van der Waals surface area contributed by atoms with Gasteiger partial charge in [-0.1, -0.05) is 0 Å². The minimum Gasteiger partial charge on any atom is -0.492 e. The predicted molar refractivity (Wildman–Crippen MR) is 112 cm³/mol. The largest absolute Gasteiger partial charge is 0.492 e. The Morgan fingerprint density at radius 3 is 2.71 bits per heavy atom. The molecule has 28 heavy (non-hydrogen) atoms. The standard InChI is InChI=1S/C21H22BrNO5/c1-5-26-17-8-6-13(11-16(17)23(2)3)19(24)15(22)10-14-7-9-18-21(20(14)25-4)28-12-27-18/h6-11H,5,12H2,1-4H3/b15-10+. The van der Waals surface area contributed by atoms with E-state index < -0.39 is 0 Å². The normalized spacial score (nSPS) is 12.7. The van der Waals surface area contributed by atoms with Crippen molar-refractivity contribution >= 4 is 33.5 Å². The van der Waals surface area contributed by atoms with E-state index in [1.54, 1.807) is 25.3 Å². The van der Waals surface area contributed by atoms with Gasteiger partial charge in [0.05, 0.1) is 23.9 Å². The van der Waals surface area contributed by atoms with Crippen LogP contribution in [0.25, 0.3) is 6.08 Å². The van der Waals surface area contributed by atoms with E-state index >= 15 is 0 Å². The summed E-state index contributed by atoms with van der Waals surface area (Å²) in [7, 11) is 5.38. The first-order valence-corrected chi connectivity index (χ1v) is 9.58. The molecule has 1 heterocycles. The lowest BCUT2D eigenvalue weighted by atomic mass is 10.1. The molecule has 7 heteroatoms. The van der Waals surface area contributed by atoms with Crippen molar-refractivity contribution in [1.82, 2.24) is 0 Å². The van der Waals surface area contributed by atoms with Gasteiger partial charge in [0.25, 0.3) is 0 Å². The molecule has 0 bridgehead atoms. The number of hydrogen-bond donors (Lipinski definition) is 0. The Kier molecular flexibility index (Phi) is 6.14. The van der Waals surface area contributed by atoms with Crippen molar-refractivity contribution in [3.8, 4) is 23.0 Å². The molecule has 0 N–H and O–H groups in total. The summed E-state index contributed by atoms with van der Waals surface area (Å²) < 4.78 is 22.3. The second-order valence-corrected chi connectivity index (χ2v) is 7.11. The minimum absolute atomic E-state index is 0.147. The molecule has 2 aromatic carbocycles. The molecule has 6 nitrogen and oxygen atoms in total. The van der Waals surface area contributed by atoms with Gasteiger partial charge in [0.2, 0.25) is 12.5 Å². The van der Waals surface area contributed by atoms with Crippen LogP contribution in [-0.4, -0.2) is 40.4 Å². The molecular formula is C21H22BrNO5. The third kappa shape index (κ3) is 3.94. The number of fused-ring (bicyclic) bond motifs is 1. The summed E-state index contributed by atoms with van der Waals surface area (Å²) in [5.74, 6) is 2.28. The first-order valence-electron chi connectivity index (χ1n) is 8.79. The Labute approximate surface area is 172 Å². The van der Waals surface area contributed by atoms with Crippen molar-refractivity contribution in [2.45, 2.75) is 6.92 Å². The van der Waals surface area contributed by atoms with Crippen molar-refractivity contribution in [2.75, 3.05) is 39.5 Å². The van der Waals surface area contributed by atoms with E-state index in [2.05, 4.69) is 15.9 Å². The van der Waals surface area contributed by atoms with Gasteiger partial charge in [-0.25, -0.2) is 0 Å². The van der Waals surface area contributed by atoms with Crippen LogP contribution < -0.4 is 23.8 Å². The van der Waals surface area contributed by atoms with E-state index in [4.69, 9.17) is 18.9 Å². The molecular weight excluding hydrogens is 426 g/mol. The molecule has 1 aliphatic rings. The monoisotopic (exact) mass is 447 g/mol. The predicted octanol–water partition coefficient (Wildman–Crippen LogP) is 4.51. The zero-order valence-electron chi connectivity index (χ0n) is 16.2. The number of Topliss-reactive ketones (excluding diaryl/α,β-unsaturated/α-hetero) is 1. The van der Waals surface area contributed by atoms with Gasteiger partial charge in [-0.05, 0) is 59.3 Å². The maximum Gasteiger partial charge on any atom is 0.231 e. The van der Waals surface area contributed by atoms with E-state index in [1.165, 1.54) is 0 Å². The number of ether oxygens (including phenoxy) is 4. The first-order chi connectivity index (χ1) is 13.5. The van der Waals surface area contributed by atoms with E-state index in [9.17, 15) is 4.79 Å². The van der Waals surface area contributed by atoms with Gasteiger partial charge in [0.1, 0.15) is 5.75 Å². The van der Waals surface area contributed by atoms with Gasteiger partial charge in [-0.3, -0.25) is 4.79 Å². The maximum atomic E-state index is 13.0. The highest BCUT2D eigenvalue weighted by Crippen LogP contribution is 2.44. The molecule has 2 aromatic rings. The molecule has 0 saturated heterocycles. The number of nitrogens with zero attached hydrogens (tertiary/aromatic N) is 1. The summed E-state index contributed by atoms with van der Waals surface area (Å²) in [4.78, 5) is 14.9. The van der Waals surface area contributed by atoms with E-state index in [0.717, 1.165) is 11.4 Å². The fourth-order valence-electron chi connectivity index (χ4n) is 2.91. The third-order valence-corrected chi connectivity index (χ3v) is 4.82. The van der Waals surface area contributed by atoms with Crippen LogP contribution in [0.2, 0.25) is 0 Å². The number of benzene rings is 2. The van der Waals surface area contributed by atoms with Gasteiger partial charge in [0, 0.05) is 25.2 Å². The second-order valence-electron chi connectivity index (χ2n) is 6.25. The zero-order chi connectivity index (χ0) is 20.3. The summed E-state index contributed by atoms with van der Waals surface area (Å²) >= 11 is 3.41. The lowest BCUT2D eigenvalue weighted by molar-refractivity contribution is 0.104. The molecule has 148 valence electrons. The summed E-state index contributed by atoms with van der Waals surface area (Å²) in [6, 6.07) is 9.01. The maximum absolute atomic E-state index is 13.0. The highest BCUT2D eigenvalue weighted by molar-refractivity contribution is 9.12. The van der Waals surface area contributed by atoms with Gasteiger partial charge in [0.15, 0.2) is 17.3 Å². The number of anilines is 1. The van der Waals surface area contributed by atoms with Crippen LogP contribution in [0.15, 0.2) is 34.8 Å². The smallest absolute Gasteiger partial charge is 0.231 e. The van der Waals surface area contributed by atoms with Gasteiger partial charge < -0.3 is 23.8 Å². The van der Waals surface area contributed by atoms with E-state index in [-0.39, 0.29) is 12.6 Å². The molecule has 0 radical (unpaired) electrons. The fraction of sp³-hybridized carbons (Fsp3) is 0.286. The Morgan fingerprint density at radius 1 is 1.25 bits per heavy atom. The van der Waals surface area contributed by atoms with Crippen LogP contribution in [0.3, 0.4) is 0 Å². The van der Waals surface area contributed by atoms with E-state index in [1.807, 2.05) is 44.1 Å². The van der Waals surface area contributed by atoms with Crippen LogP contribution >= 0.6 is 15.9 Å². The number of carbonyl (C=O) groups is 1. The molecule has 1 aliphatic heterocycles. The van der Waals surface area contributed by atoms with Crippen molar-refractivity contribution in [1.29, 1.82) is 0 Å². The van der Waals surface area contributed by atoms with Gasteiger partial charge >= 0.3 is 0 Å². The number of halogens is 1. The molecule has 0 aromatic heterocycles. The van der Waals surface area contributed by atoms with E-state index in [0.29, 0.717) is 39.5 Å². The number of methoxy groups -OCH3 is 1. The molecule has 0 unspecified atom stereocenters. The van der Waals surface area contributed by atoms with Crippen molar-refractivity contribution in [3.05, 3.63) is 45.9 Å². The van der Waals surface area contributed by atoms with Crippen LogP contribution in [0, 0.1) is 0 Å². The minimum atomic E-state index is -0.147. The third-order valence-electron chi connectivity index (χ3n) is 4.23.